The van der Waals surface area contributed by atoms with E-state index >= 15 is 0 Å². The number of guanidine groups is 1. The van der Waals surface area contributed by atoms with Crippen molar-refractivity contribution >= 4 is 5.96 Å². The quantitative estimate of drug-likeness (QED) is 0.459. The summed E-state index contributed by atoms with van der Waals surface area (Å²) in [6.45, 7) is 9.60. The predicted octanol–water partition coefficient (Wildman–Crippen LogP) is 2.11. The Morgan fingerprint density at radius 3 is 3.04 bits per heavy atom. The number of rotatable bonds is 7. The second kappa shape index (κ2) is 9.53. The van der Waals surface area contributed by atoms with Gasteiger partial charge in [0.25, 0.3) is 0 Å². The summed E-state index contributed by atoms with van der Waals surface area (Å²) in [6.07, 6.45) is 2.59. The van der Waals surface area contributed by atoms with Crippen molar-refractivity contribution in [1.82, 2.24) is 10.2 Å². The molecule has 1 aliphatic rings. The van der Waals surface area contributed by atoms with Gasteiger partial charge in [-0.1, -0.05) is 37.6 Å². The molecule has 1 aromatic carbocycles. The Balaban J connectivity index is 1.85. The van der Waals surface area contributed by atoms with Crippen LogP contribution in [0.25, 0.3) is 0 Å². The molecule has 128 valence electrons. The van der Waals surface area contributed by atoms with Crippen molar-refractivity contribution in [2.45, 2.75) is 45.9 Å². The zero-order valence-corrected chi connectivity index (χ0v) is 14.4. The Bertz CT molecular complexity index is 504. The summed E-state index contributed by atoms with van der Waals surface area (Å²) in [5, 5.41) is 3.14. The molecule has 0 spiro atoms. The lowest BCUT2D eigenvalue weighted by molar-refractivity contribution is -0.0212. The molecule has 5 heteroatoms. The predicted molar refractivity (Wildman–Crippen MR) is 95.4 cm³/mol. The maximum atomic E-state index is 5.88. The summed E-state index contributed by atoms with van der Waals surface area (Å²) in [7, 11) is 0. The Labute approximate surface area is 139 Å². The van der Waals surface area contributed by atoms with Gasteiger partial charge in [0.15, 0.2) is 5.96 Å². The van der Waals surface area contributed by atoms with Crippen LogP contribution in [-0.4, -0.2) is 43.2 Å². The van der Waals surface area contributed by atoms with E-state index in [-0.39, 0.29) is 0 Å². The summed E-state index contributed by atoms with van der Waals surface area (Å²) in [5.74, 6) is 0.533. The van der Waals surface area contributed by atoms with Gasteiger partial charge in [-0.05, 0) is 24.5 Å². The highest BCUT2D eigenvalue weighted by Crippen LogP contribution is 2.12. The largest absolute Gasteiger partial charge is 0.376 e. The number of morpholine rings is 1. The van der Waals surface area contributed by atoms with E-state index in [4.69, 9.17) is 10.5 Å². The van der Waals surface area contributed by atoms with Crippen LogP contribution in [0.5, 0.6) is 0 Å². The molecule has 1 fully saturated rings. The maximum Gasteiger partial charge on any atom is 0.188 e. The van der Waals surface area contributed by atoms with Crippen molar-refractivity contribution in [2.24, 2.45) is 10.7 Å². The smallest absolute Gasteiger partial charge is 0.188 e. The molecule has 0 aliphatic carbocycles. The van der Waals surface area contributed by atoms with Crippen molar-refractivity contribution in [2.75, 3.05) is 26.2 Å². The fraction of sp³-hybridized carbons (Fsp3) is 0.611. The molecule has 5 nitrogen and oxygen atoms in total. The van der Waals surface area contributed by atoms with Crippen molar-refractivity contribution in [3.05, 3.63) is 35.4 Å². The molecule has 1 unspecified atom stereocenters. The van der Waals surface area contributed by atoms with Crippen LogP contribution >= 0.6 is 0 Å². The zero-order valence-electron chi connectivity index (χ0n) is 14.4. The van der Waals surface area contributed by atoms with Crippen molar-refractivity contribution in [3.63, 3.8) is 0 Å². The van der Waals surface area contributed by atoms with E-state index < -0.39 is 0 Å². The lowest BCUT2D eigenvalue weighted by Crippen LogP contribution is -2.40. The normalized spacial score (nSPS) is 19.7. The Morgan fingerprint density at radius 2 is 2.26 bits per heavy atom. The van der Waals surface area contributed by atoms with Crippen LogP contribution in [0.2, 0.25) is 0 Å². The van der Waals surface area contributed by atoms with Gasteiger partial charge in [-0.15, -0.1) is 0 Å². The third kappa shape index (κ3) is 6.59. The summed E-state index contributed by atoms with van der Waals surface area (Å²) < 4.78 is 5.59. The Morgan fingerprint density at radius 1 is 1.43 bits per heavy atom. The second-order valence-electron chi connectivity index (χ2n) is 6.22. The monoisotopic (exact) mass is 318 g/mol. The van der Waals surface area contributed by atoms with E-state index in [0.717, 1.165) is 45.6 Å². The summed E-state index contributed by atoms with van der Waals surface area (Å²) in [5.41, 5.74) is 8.40. The Hall–Kier alpha value is -1.59. The van der Waals surface area contributed by atoms with Gasteiger partial charge >= 0.3 is 0 Å². The van der Waals surface area contributed by atoms with Crippen LogP contribution < -0.4 is 11.1 Å². The van der Waals surface area contributed by atoms with E-state index in [1.54, 1.807) is 0 Å². The van der Waals surface area contributed by atoms with Gasteiger partial charge in [0.05, 0.1) is 19.3 Å². The van der Waals surface area contributed by atoms with Crippen molar-refractivity contribution in [3.8, 4) is 0 Å². The standard InChI is InChI=1S/C18H30N4O/c1-3-4-8-20-18(19)21-12-16-6-5-7-17(11-16)14-22-9-10-23-15(2)13-22/h5-7,11,15H,3-4,8-10,12-14H2,1-2H3,(H3,19,20,21). The van der Waals surface area contributed by atoms with E-state index in [0.29, 0.717) is 18.6 Å². The van der Waals surface area contributed by atoms with Gasteiger partial charge in [-0.25, -0.2) is 4.99 Å². The second-order valence-corrected chi connectivity index (χ2v) is 6.22. The van der Waals surface area contributed by atoms with Gasteiger partial charge in [0.2, 0.25) is 0 Å². The van der Waals surface area contributed by atoms with Crippen LogP contribution in [0.1, 0.15) is 37.8 Å². The molecule has 0 saturated carbocycles. The Kier molecular flexibility index (Phi) is 7.36. The lowest BCUT2D eigenvalue weighted by atomic mass is 10.1. The SMILES string of the molecule is CCCCNC(N)=NCc1cccc(CN2CCOC(C)C2)c1. The zero-order chi connectivity index (χ0) is 16.5. The number of nitrogens with two attached hydrogens (primary N) is 1. The maximum absolute atomic E-state index is 5.88. The molecule has 0 radical (unpaired) electrons. The van der Waals surface area contributed by atoms with Gasteiger partial charge in [0.1, 0.15) is 0 Å². The number of ether oxygens (including phenoxy) is 1. The first-order valence-corrected chi connectivity index (χ1v) is 8.63. The highest BCUT2D eigenvalue weighted by molar-refractivity contribution is 5.77. The van der Waals surface area contributed by atoms with E-state index in [1.807, 2.05) is 0 Å². The molecule has 1 aromatic rings. The van der Waals surface area contributed by atoms with Gasteiger partial charge in [-0.3, -0.25) is 4.90 Å². The van der Waals surface area contributed by atoms with E-state index in [2.05, 4.69) is 53.3 Å². The van der Waals surface area contributed by atoms with Crippen LogP contribution in [0.3, 0.4) is 0 Å². The van der Waals surface area contributed by atoms with Crippen molar-refractivity contribution < 1.29 is 4.74 Å². The van der Waals surface area contributed by atoms with Gasteiger partial charge < -0.3 is 15.8 Å². The van der Waals surface area contributed by atoms with Crippen LogP contribution in [0, 0.1) is 0 Å². The molecule has 1 aliphatic heterocycles. The molecule has 2 rings (SSSR count). The average molecular weight is 318 g/mol. The molecule has 0 amide bonds. The highest BCUT2D eigenvalue weighted by Gasteiger charge is 2.16. The van der Waals surface area contributed by atoms with Gasteiger partial charge in [0, 0.05) is 26.2 Å². The van der Waals surface area contributed by atoms with Crippen molar-refractivity contribution in [1.29, 1.82) is 0 Å². The minimum atomic E-state index is 0.325. The number of nitrogens with one attached hydrogen (secondary N) is 1. The minimum Gasteiger partial charge on any atom is -0.376 e. The van der Waals surface area contributed by atoms with E-state index in [1.165, 1.54) is 11.1 Å². The molecule has 23 heavy (non-hydrogen) atoms. The third-order valence-corrected chi connectivity index (χ3v) is 3.99. The topological polar surface area (TPSA) is 62.9 Å². The lowest BCUT2D eigenvalue weighted by Gasteiger charge is -2.31. The molecule has 0 aromatic heterocycles. The summed E-state index contributed by atoms with van der Waals surface area (Å²) in [4.78, 5) is 6.86. The van der Waals surface area contributed by atoms with Crippen LogP contribution in [0.15, 0.2) is 29.3 Å². The molecular weight excluding hydrogens is 288 g/mol. The molecule has 1 atom stereocenters. The number of aliphatic imine (C=N–C) groups is 1. The van der Waals surface area contributed by atoms with Crippen LogP contribution in [0.4, 0.5) is 0 Å². The third-order valence-electron chi connectivity index (χ3n) is 3.99. The number of benzene rings is 1. The average Bonchev–Trinajstić information content (AvgIpc) is 2.54. The fourth-order valence-corrected chi connectivity index (χ4v) is 2.74. The number of hydrogen-bond acceptors (Lipinski definition) is 3. The molecule has 1 heterocycles. The summed E-state index contributed by atoms with van der Waals surface area (Å²) in [6, 6.07) is 8.61. The molecule has 3 N–H and O–H groups in total. The first-order chi connectivity index (χ1) is 11.2. The number of unbranched alkanes of at least 4 members (excludes halogenated alkanes) is 1. The highest BCUT2D eigenvalue weighted by atomic mass is 16.5. The van der Waals surface area contributed by atoms with Crippen LogP contribution in [-0.2, 0) is 17.8 Å². The molecular formula is C18H30N4O. The molecule has 0 bridgehead atoms. The summed E-state index contributed by atoms with van der Waals surface area (Å²) >= 11 is 0. The first kappa shape index (κ1) is 17.8. The van der Waals surface area contributed by atoms with Gasteiger partial charge in [-0.2, -0.15) is 0 Å². The minimum absolute atomic E-state index is 0.325. The number of hydrogen-bond donors (Lipinski definition) is 2. The fourth-order valence-electron chi connectivity index (χ4n) is 2.74. The number of nitrogens with zero attached hydrogens (tertiary/aromatic N) is 2. The van der Waals surface area contributed by atoms with E-state index in [9.17, 15) is 0 Å². The molecule has 1 saturated heterocycles. The first-order valence-electron chi connectivity index (χ1n) is 8.63.